The van der Waals surface area contributed by atoms with Gasteiger partial charge in [-0.2, -0.15) is 5.26 Å². The van der Waals surface area contributed by atoms with E-state index in [-0.39, 0.29) is 29.3 Å². The molecular formula is C30H29F2N5O3. The summed E-state index contributed by atoms with van der Waals surface area (Å²) in [6.45, 7) is 2.03. The molecule has 2 aliphatic heterocycles. The molecule has 2 saturated heterocycles. The van der Waals surface area contributed by atoms with Crippen LogP contribution in [0.2, 0.25) is 0 Å². The Morgan fingerprint density at radius 2 is 1.62 bits per heavy atom. The van der Waals surface area contributed by atoms with Crippen molar-refractivity contribution in [3.8, 4) is 11.8 Å². The molecule has 40 heavy (non-hydrogen) atoms. The van der Waals surface area contributed by atoms with Gasteiger partial charge in [-0.05, 0) is 66.9 Å². The summed E-state index contributed by atoms with van der Waals surface area (Å²) in [6, 6.07) is 16.5. The van der Waals surface area contributed by atoms with Crippen LogP contribution in [0.15, 0.2) is 66.9 Å². The summed E-state index contributed by atoms with van der Waals surface area (Å²) in [5.74, 6) is -0.179. The maximum Gasteiger partial charge on any atom is 0.415 e. The van der Waals surface area contributed by atoms with Gasteiger partial charge in [0.1, 0.15) is 29.3 Å². The van der Waals surface area contributed by atoms with E-state index in [1.165, 1.54) is 41.3 Å². The third-order valence-electron chi connectivity index (χ3n) is 7.75. The minimum Gasteiger partial charge on any atom is -0.410 e. The zero-order chi connectivity index (χ0) is 28.2. The number of likely N-dealkylation sites (N-methyl/N-ethyl adjacent to an activating group) is 1. The van der Waals surface area contributed by atoms with Crippen LogP contribution >= 0.6 is 0 Å². The first-order valence-corrected chi connectivity index (χ1v) is 13.2. The fourth-order valence-corrected chi connectivity index (χ4v) is 5.46. The Balaban J connectivity index is 1.27. The van der Waals surface area contributed by atoms with Gasteiger partial charge < -0.3 is 19.4 Å². The number of ether oxygens (including phenoxy) is 1. The van der Waals surface area contributed by atoms with E-state index in [1.54, 1.807) is 36.3 Å². The molecule has 0 bridgehead atoms. The van der Waals surface area contributed by atoms with Crippen LogP contribution in [0.25, 0.3) is 0 Å². The first-order chi connectivity index (χ1) is 19.3. The van der Waals surface area contributed by atoms with Gasteiger partial charge >= 0.3 is 6.09 Å². The van der Waals surface area contributed by atoms with Gasteiger partial charge in [0, 0.05) is 51.3 Å². The molecule has 2 aliphatic rings. The molecule has 2 atom stereocenters. The number of aromatic nitrogens is 1. The number of hydrogen-bond acceptors (Lipinski definition) is 6. The second kappa shape index (κ2) is 11.7. The SMILES string of the molecule is CN(C(=O)Oc1ccc(F)cc1)[C@@H]1CN(C(=O)C2CCN(c3ccc(C#N)cn3)CC2)C[C@H]1c1ccc(F)cc1. The minimum absolute atomic E-state index is 0.0300. The largest absolute Gasteiger partial charge is 0.415 e. The molecule has 0 spiro atoms. The van der Waals surface area contributed by atoms with Gasteiger partial charge in [-0.25, -0.2) is 18.6 Å². The van der Waals surface area contributed by atoms with Gasteiger partial charge in [-0.3, -0.25) is 4.79 Å². The van der Waals surface area contributed by atoms with Crippen molar-refractivity contribution in [2.45, 2.75) is 24.8 Å². The van der Waals surface area contributed by atoms with Crippen molar-refractivity contribution in [3.63, 3.8) is 0 Å². The van der Waals surface area contributed by atoms with Gasteiger partial charge in [0.05, 0.1) is 11.6 Å². The van der Waals surface area contributed by atoms with Crippen molar-refractivity contribution in [2.75, 3.05) is 38.1 Å². The quantitative estimate of drug-likeness (QED) is 0.467. The van der Waals surface area contributed by atoms with E-state index in [4.69, 9.17) is 10.00 Å². The van der Waals surface area contributed by atoms with E-state index in [1.807, 2.05) is 6.07 Å². The zero-order valence-corrected chi connectivity index (χ0v) is 22.0. The molecular weight excluding hydrogens is 516 g/mol. The smallest absolute Gasteiger partial charge is 0.410 e. The second-order valence-electron chi connectivity index (χ2n) is 10.2. The van der Waals surface area contributed by atoms with Crippen LogP contribution in [-0.4, -0.2) is 66.1 Å². The molecule has 0 N–H and O–H groups in total. The van der Waals surface area contributed by atoms with Gasteiger partial charge in [-0.15, -0.1) is 0 Å². The summed E-state index contributed by atoms with van der Waals surface area (Å²) < 4.78 is 32.4. The molecule has 3 heterocycles. The molecule has 3 aromatic rings. The topological polar surface area (TPSA) is 89.8 Å². The average Bonchev–Trinajstić information content (AvgIpc) is 3.43. The number of nitriles is 1. The zero-order valence-electron chi connectivity index (χ0n) is 22.0. The van der Waals surface area contributed by atoms with E-state index in [9.17, 15) is 18.4 Å². The summed E-state index contributed by atoms with van der Waals surface area (Å²) in [5.41, 5.74) is 1.32. The Kier molecular flexibility index (Phi) is 7.91. The van der Waals surface area contributed by atoms with E-state index >= 15 is 0 Å². The third kappa shape index (κ3) is 5.88. The fourth-order valence-electron chi connectivity index (χ4n) is 5.46. The van der Waals surface area contributed by atoms with Crippen LogP contribution in [0.4, 0.5) is 19.4 Å². The number of pyridine rings is 1. The number of nitrogens with zero attached hydrogens (tertiary/aromatic N) is 5. The number of hydrogen-bond donors (Lipinski definition) is 0. The molecule has 0 radical (unpaired) electrons. The van der Waals surface area contributed by atoms with Crippen LogP contribution in [0.1, 0.15) is 29.9 Å². The Hall–Kier alpha value is -4.52. The Morgan fingerprint density at radius 3 is 2.23 bits per heavy atom. The number of anilines is 1. The number of halogens is 2. The summed E-state index contributed by atoms with van der Waals surface area (Å²) >= 11 is 0. The van der Waals surface area contributed by atoms with E-state index in [2.05, 4.69) is 16.0 Å². The number of carbonyl (C=O) groups excluding carboxylic acids is 2. The number of piperidine rings is 1. The lowest BCUT2D eigenvalue weighted by molar-refractivity contribution is -0.135. The monoisotopic (exact) mass is 545 g/mol. The maximum atomic E-state index is 13.7. The number of carbonyl (C=O) groups is 2. The van der Waals surface area contributed by atoms with Gasteiger partial charge in [-0.1, -0.05) is 12.1 Å². The van der Waals surface area contributed by atoms with Crippen LogP contribution in [0, 0.1) is 28.9 Å². The van der Waals surface area contributed by atoms with E-state index < -0.39 is 18.0 Å². The summed E-state index contributed by atoms with van der Waals surface area (Å²) in [4.78, 5) is 36.4. The Labute approximate surface area is 231 Å². The second-order valence-corrected chi connectivity index (χ2v) is 10.2. The van der Waals surface area contributed by atoms with Crippen LogP contribution in [-0.2, 0) is 4.79 Å². The van der Waals surface area contributed by atoms with E-state index in [0.717, 1.165) is 11.4 Å². The minimum atomic E-state index is -0.624. The number of amides is 2. The van der Waals surface area contributed by atoms with Gasteiger partial charge in [0.2, 0.25) is 5.91 Å². The van der Waals surface area contributed by atoms with Crippen LogP contribution in [0.3, 0.4) is 0 Å². The lowest BCUT2D eigenvalue weighted by atomic mass is 9.93. The standard InChI is InChI=1S/C30H29F2N5O3/c1-35(30(39)40-25-9-7-24(32)8-10-25)27-19-37(18-26(27)21-3-5-23(31)6-4-21)29(38)22-12-14-36(15-13-22)28-11-2-20(16-33)17-34-28/h2-11,17,22,26-27H,12-15,18-19H2,1H3/t26-,27+/m0/s1. The third-order valence-corrected chi connectivity index (χ3v) is 7.75. The normalized spacial score (nSPS) is 19.2. The first-order valence-electron chi connectivity index (χ1n) is 13.2. The molecule has 1 aromatic heterocycles. The van der Waals surface area contributed by atoms with Crippen molar-refractivity contribution in [1.29, 1.82) is 5.26 Å². The fraction of sp³-hybridized carbons (Fsp3) is 0.333. The Morgan fingerprint density at radius 1 is 0.975 bits per heavy atom. The highest BCUT2D eigenvalue weighted by atomic mass is 19.1. The molecule has 8 nitrogen and oxygen atoms in total. The van der Waals surface area contributed by atoms with Gasteiger partial charge in [0.25, 0.3) is 0 Å². The number of benzene rings is 2. The summed E-state index contributed by atoms with van der Waals surface area (Å²) in [7, 11) is 1.62. The van der Waals surface area contributed by atoms with Crippen molar-refractivity contribution in [1.82, 2.24) is 14.8 Å². The molecule has 0 aliphatic carbocycles. The van der Waals surface area contributed by atoms with E-state index in [0.29, 0.717) is 44.6 Å². The molecule has 2 amide bonds. The highest BCUT2D eigenvalue weighted by Gasteiger charge is 2.42. The summed E-state index contributed by atoms with van der Waals surface area (Å²) in [6.07, 6.45) is 2.24. The van der Waals surface area contributed by atoms with Crippen molar-refractivity contribution >= 4 is 17.8 Å². The molecule has 0 unspecified atom stereocenters. The summed E-state index contributed by atoms with van der Waals surface area (Å²) in [5, 5.41) is 9.00. The molecule has 5 rings (SSSR count). The molecule has 2 fully saturated rings. The first kappa shape index (κ1) is 27.1. The predicted octanol–water partition coefficient (Wildman–Crippen LogP) is 4.57. The Bertz CT molecular complexity index is 1380. The van der Waals surface area contributed by atoms with Crippen molar-refractivity contribution in [2.24, 2.45) is 5.92 Å². The van der Waals surface area contributed by atoms with Gasteiger partial charge in [0.15, 0.2) is 0 Å². The van der Waals surface area contributed by atoms with Crippen molar-refractivity contribution < 1.29 is 23.1 Å². The molecule has 2 aromatic carbocycles. The molecule has 10 heteroatoms. The van der Waals surface area contributed by atoms with Crippen molar-refractivity contribution in [3.05, 3.63) is 89.6 Å². The maximum absolute atomic E-state index is 13.7. The highest BCUT2D eigenvalue weighted by molar-refractivity contribution is 5.80. The van der Waals surface area contributed by atoms with Crippen LogP contribution < -0.4 is 9.64 Å². The predicted molar refractivity (Wildman–Crippen MR) is 144 cm³/mol. The number of likely N-dealkylation sites (tertiary alicyclic amines) is 1. The molecule has 0 saturated carbocycles. The highest BCUT2D eigenvalue weighted by Crippen LogP contribution is 2.34. The average molecular weight is 546 g/mol. The number of rotatable bonds is 5. The lowest BCUT2D eigenvalue weighted by Gasteiger charge is -2.34. The molecule has 206 valence electrons. The van der Waals surface area contributed by atoms with Crippen LogP contribution in [0.5, 0.6) is 5.75 Å². The lowest BCUT2D eigenvalue weighted by Crippen LogP contribution is -2.45.